The Hall–Kier alpha value is -1.81. The van der Waals surface area contributed by atoms with Crippen LogP contribution in [0.4, 0.5) is 5.95 Å². The van der Waals surface area contributed by atoms with Crippen LogP contribution in [-0.4, -0.2) is 53.7 Å². The van der Waals surface area contributed by atoms with Crippen molar-refractivity contribution in [1.29, 1.82) is 0 Å². The predicted molar refractivity (Wildman–Crippen MR) is 62.5 cm³/mol. The fraction of sp³-hybridized carbons (Fsp3) is 0.500. The number of hydrogen-bond donors (Lipinski definition) is 4. The highest BCUT2D eigenvalue weighted by Gasteiger charge is 2.47. The molecule has 0 aliphatic carbocycles. The van der Waals surface area contributed by atoms with Gasteiger partial charge >= 0.3 is 0 Å². The van der Waals surface area contributed by atoms with Gasteiger partial charge in [-0.3, -0.25) is 4.57 Å². The van der Waals surface area contributed by atoms with E-state index in [-0.39, 0.29) is 12.4 Å². The minimum absolute atomic E-state index is 0.0371. The lowest BCUT2D eigenvalue weighted by Crippen LogP contribution is -2.33. The van der Waals surface area contributed by atoms with Crippen LogP contribution in [0, 0.1) is 0 Å². The summed E-state index contributed by atoms with van der Waals surface area (Å²) in [5, 5.41) is 29.2. The van der Waals surface area contributed by atoms with Gasteiger partial charge in [-0.05, 0) is 0 Å². The third-order valence-electron chi connectivity index (χ3n) is 3.11. The predicted octanol–water partition coefficient (Wildman–Crippen LogP) is -1.85. The van der Waals surface area contributed by atoms with Gasteiger partial charge in [0.2, 0.25) is 5.95 Å². The van der Waals surface area contributed by atoms with Crippen molar-refractivity contribution >= 4 is 17.1 Å². The molecule has 0 bridgehead atoms. The molecule has 3 heterocycles. The number of aliphatic hydroxyl groups excluding tert-OH is 2. The highest BCUT2D eigenvalue weighted by Crippen LogP contribution is 2.34. The van der Waals surface area contributed by atoms with Crippen molar-refractivity contribution in [3.05, 3.63) is 12.5 Å². The molecule has 3 atom stereocenters. The van der Waals surface area contributed by atoms with Gasteiger partial charge in [0.15, 0.2) is 5.65 Å². The zero-order valence-electron chi connectivity index (χ0n) is 9.84. The number of imidazole rings is 1. The highest BCUT2D eigenvalue weighted by molar-refractivity contribution is 5.70. The maximum absolute atomic E-state index is 10.4. The van der Waals surface area contributed by atoms with Crippen LogP contribution in [-0.2, 0) is 10.6 Å². The zero-order chi connectivity index (χ0) is 13.6. The van der Waals surface area contributed by atoms with Crippen LogP contribution in [0.15, 0.2) is 12.5 Å². The molecule has 1 fully saturated rings. The Morgan fingerprint density at radius 3 is 3.00 bits per heavy atom. The van der Waals surface area contributed by atoms with Crippen LogP contribution in [0.25, 0.3) is 11.2 Å². The summed E-state index contributed by atoms with van der Waals surface area (Å²) in [6, 6.07) is 0. The quantitative estimate of drug-likeness (QED) is 0.497. The first-order valence-corrected chi connectivity index (χ1v) is 5.68. The maximum atomic E-state index is 10.4. The smallest absolute Gasteiger partial charge is 0.258 e. The molecule has 1 aliphatic rings. The van der Waals surface area contributed by atoms with Gasteiger partial charge in [-0.15, -0.1) is 0 Å². The number of hydrogen-bond acceptors (Lipinski definition) is 8. The lowest BCUT2D eigenvalue weighted by molar-refractivity contribution is -0.254. The molecule has 0 amide bonds. The minimum Gasteiger partial charge on any atom is -0.394 e. The summed E-state index contributed by atoms with van der Waals surface area (Å²) >= 11 is 0. The van der Waals surface area contributed by atoms with E-state index >= 15 is 0 Å². The van der Waals surface area contributed by atoms with Crippen LogP contribution >= 0.6 is 0 Å². The van der Waals surface area contributed by atoms with Gasteiger partial charge in [-0.2, -0.15) is 4.98 Å². The van der Waals surface area contributed by atoms with Crippen LogP contribution < -0.4 is 5.73 Å². The second-order valence-corrected chi connectivity index (χ2v) is 4.41. The summed E-state index contributed by atoms with van der Waals surface area (Å²) in [4.78, 5) is 11.8. The second-order valence-electron chi connectivity index (χ2n) is 4.41. The average molecular weight is 267 g/mol. The molecule has 0 saturated carbocycles. The van der Waals surface area contributed by atoms with Crippen molar-refractivity contribution in [2.45, 2.75) is 24.5 Å². The Morgan fingerprint density at radius 1 is 1.53 bits per heavy atom. The molecule has 19 heavy (non-hydrogen) atoms. The van der Waals surface area contributed by atoms with Gasteiger partial charge in [-0.25, -0.2) is 9.97 Å². The Morgan fingerprint density at radius 2 is 2.32 bits per heavy atom. The van der Waals surface area contributed by atoms with Gasteiger partial charge in [0, 0.05) is 0 Å². The summed E-state index contributed by atoms with van der Waals surface area (Å²) in [5.74, 6) is -1.78. The Kier molecular flexibility index (Phi) is 2.64. The van der Waals surface area contributed by atoms with Crippen molar-refractivity contribution < 1.29 is 20.1 Å². The number of fused-ring (bicyclic) bond motifs is 1. The van der Waals surface area contributed by atoms with Crippen molar-refractivity contribution in [3.8, 4) is 0 Å². The van der Waals surface area contributed by atoms with Gasteiger partial charge in [0.05, 0.1) is 25.3 Å². The zero-order valence-corrected chi connectivity index (χ0v) is 9.84. The van der Waals surface area contributed by atoms with Gasteiger partial charge in [-0.1, -0.05) is 0 Å². The molecule has 2 aromatic rings. The molecule has 0 spiro atoms. The van der Waals surface area contributed by atoms with Crippen molar-refractivity contribution in [2.24, 2.45) is 0 Å². The van der Waals surface area contributed by atoms with Crippen LogP contribution in [0.3, 0.4) is 0 Å². The molecule has 5 N–H and O–H groups in total. The fourth-order valence-electron chi connectivity index (χ4n) is 2.17. The SMILES string of the molecule is Nc1ncc2ncn([C@]3(O)C[C@H](O)[C@@H](CO)O3)c2n1. The van der Waals surface area contributed by atoms with Gasteiger partial charge < -0.3 is 25.8 Å². The third-order valence-corrected chi connectivity index (χ3v) is 3.11. The normalized spacial score (nSPS) is 31.1. The van der Waals surface area contributed by atoms with Crippen molar-refractivity contribution in [2.75, 3.05) is 12.3 Å². The van der Waals surface area contributed by atoms with E-state index in [0.717, 1.165) is 0 Å². The van der Waals surface area contributed by atoms with Gasteiger partial charge in [0.25, 0.3) is 5.91 Å². The van der Waals surface area contributed by atoms with Crippen LogP contribution in [0.1, 0.15) is 6.42 Å². The second kappa shape index (κ2) is 4.10. The summed E-state index contributed by atoms with van der Waals surface area (Å²) in [7, 11) is 0. The van der Waals surface area contributed by atoms with Gasteiger partial charge in [0.1, 0.15) is 17.9 Å². The molecule has 1 aliphatic heterocycles. The Balaban J connectivity index is 2.07. The van der Waals surface area contributed by atoms with E-state index in [1.54, 1.807) is 0 Å². The lowest BCUT2D eigenvalue weighted by Gasteiger charge is -2.23. The van der Waals surface area contributed by atoms with Crippen molar-refractivity contribution in [1.82, 2.24) is 19.5 Å². The molecule has 0 radical (unpaired) electrons. The molecular formula is C10H13N5O4. The van der Waals surface area contributed by atoms with E-state index in [2.05, 4.69) is 15.0 Å². The summed E-state index contributed by atoms with van der Waals surface area (Å²) < 4.78 is 6.54. The van der Waals surface area contributed by atoms with E-state index in [4.69, 9.17) is 15.6 Å². The number of nitrogen functional groups attached to an aromatic ring is 1. The monoisotopic (exact) mass is 267 g/mol. The number of rotatable bonds is 2. The number of ether oxygens (including phenoxy) is 1. The number of nitrogens with two attached hydrogens (primary N) is 1. The number of aliphatic hydroxyl groups is 3. The van der Waals surface area contributed by atoms with E-state index in [0.29, 0.717) is 11.2 Å². The van der Waals surface area contributed by atoms with Crippen LogP contribution in [0.2, 0.25) is 0 Å². The fourth-order valence-corrected chi connectivity index (χ4v) is 2.17. The first-order valence-electron chi connectivity index (χ1n) is 5.68. The molecule has 9 heteroatoms. The Bertz CT molecular complexity index is 617. The summed E-state index contributed by atoms with van der Waals surface area (Å²) in [6.07, 6.45) is 0.805. The molecular weight excluding hydrogens is 254 g/mol. The highest BCUT2D eigenvalue weighted by atomic mass is 16.7. The number of aromatic nitrogens is 4. The van der Waals surface area contributed by atoms with E-state index in [1.807, 2.05) is 0 Å². The lowest BCUT2D eigenvalue weighted by atomic mass is 10.2. The van der Waals surface area contributed by atoms with E-state index < -0.39 is 24.7 Å². The third kappa shape index (κ3) is 1.83. The first kappa shape index (κ1) is 12.2. The van der Waals surface area contributed by atoms with Crippen molar-refractivity contribution in [3.63, 3.8) is 0 Å². The largest absolute Gasteiger partial charge is 0.394 e. The van der Waals surface area contributed by atoms with E-state index in [1.165, 1.54) is 17.1 Å². The molecule has 102 valence electrons. The summed E-state index contributed by atoms with van der Waals surface area (Å²) in [6.45, 7) is -0.396. The molecule has 2 aromatic heterocycles. The molecule has 1 saturated heterocycles. The summed E-state index contributed by atoms with van der Waals surface area (Å²) in [5.41, 5.74) is 6.23. The molecule has 9 nitrogen and oxygen atoms in total. The topological polar surface area (TPSA) is 140 Å². The van der Waals surface area contributed by atoms with Crippen LogP contribution in [0.5, 0.6) is 0 Å². The standard InChI is InChI=1S/C10H13N5O4/c11-9-12-2-5-8(14-9)15(4-13-5)10(18)1-6(17)7(3-16)19-10/h2,4,6-7,16-18H,1,3H2,(H2,11,12,14)/t6-,7+,10-/m0/s1. The number of anilines is 1. The first-order chi connectivity index (χ1) is 9.03. The Labute approximate surface area is 107 Å². The number of nitrogens with zero attached hydrogens (tertiary/aromatic N) is 4. The molecule has 0 aromatic carbocycles. The minimum atomic E-state index is -1.82. The molecule has 0 unspecified atom stereocenters. The van der Waals surface area contributed by atoms with E-state index in [9.17, 15) is 10.2 Å². The maximum Gasteiger partial charge on any atom is 0.258 e. The molecule has 3 rings (SSSR count). The average Bonchev–Trinajstić information content (AvgIpc) is 2.90.